The van der Waals surface area contributed by atoms with E-state index in [0.29, 0.717) is 11.5 Å². The molecular weight excluding hydrogens is 368 g/mol. The highest BCUT2D eigenvalue weighted by molar-refractivity contribution is 6.12. The summed E-state index contributed by atoms with van der Waals surface area (Å²) < 4.78 is 0. The lowest BCUT2D eigenvalue weighted by Gasteiger charge is -2.21. The zero-order chi connectivity index (χ0) is 20.5. The molecule has 1 aliphatic heterocycles. The van der Waals surface area contributed by atoms with E-state index < -0.39 is 29.7 Å². The summed E-state index contributed by atoms with van der Waals surface area (Å²) in [6.07, 6.45) is 10.1. The Labute approximate surface area is 162 Å². The minimum Gasteiger partial charge on any atom is -0.338 e. The molecule has 0 spiro atoms. The molecule has 0 aromatic heterocycles. The molecule has 9 heteroatoms. The molecule has 2 rings (SSSR count). The van der Waals surface area contributed by atoms with Crippen LogP contribution in [0.5, 0.6) is 0 Å². The molecule has 0 fully saturated rings. The first-order valence-corrected chi connectivity index (χ1v) is 9.28. The number of hydroxylamine groups is 4. The van der Waals surface area contributed by atoms with Crippen molar-refractivity contribution in [1.82, 2.24) is 10.1 Å². The van der Waals surface area contributed by atoms with Crippen molar-refractivity contribution < 1.29 is 33.6 Å². The Morgan fingerprint density at radius 2 is 1.75 bits per heavy atom. The lowest BCUT2D eigenvalue weighted by molar-refractivity contribution is -0.198. The van der Waals surface area contributed by atoms with Crippen LogP contribution in [0.2, 0.25) is 0 Å². The standard InChI is InChI=1S/C19H24N2O7/c1-20(28-19(26)14-8-5-3-2-4-6-9-14)15(22)10-7-11-18(25)27-21-16(23)12-13-17(21)24/h2-3,12-14H,4-11H2,1H3/b3-2+. The molecule has 28 heavy (non-hydrogen) atoms. The molecule has 3 amide bonds. The number of hydrogen-bond donors (Lipinski definition) is 0. The molecule has 0 radical (unpaired) electrons. The first-order valence-electron chi connectivity index (χ1n) is 9.28. The van der Waals surface area contributed by atoms with Crippen molar-refractivity contribution in [2.75, 3.05) is 7.05 Å². The molecular formula is C19H24N2O7. The predicted octanol–water partition coefficient (Wildman–Crippen LogP) is 1.59. The molecule has 0 aromatic rings. The van der Waals surface area contributed by atoms with Crippen molar-refractivity contribution in [2.24, 2.45) is 5.92 Å². The summed E-state index contributed by atoms with van der Waals surface area (Å²) in [7, 11) is 1.36. The maximum Gasteiger partial charge on any atom is 0.335 e. The summed E-state index contributed by atoms with van der Waals surface area (Å²) >= 11 is 0. The molecule has 152 valence electrons. The van der Waals surface area contributed by atoms with Gasteiger partial charge in [0.1, 0.15) is 0 Å². The number of rotatable bonds is 6. The third-order valence-electron chi connectivity index (χ3n) is 4.42. The third-order valence-corrected chi connectivity index (χ3v) is 4.42. The lowest BCUT2D eigenvalue weighted by Crippen LogP contribution is -2.33. The lowest BCUT2D eigenvalue weighted by atomic mass is 9.94. The largest absolute Gasteiger partial charge is 0.338 e. The average Bonchev–Trinajstić information content (AvgIpc) is 2.93. The van der Waals surface area contributed by atoms with Gasteiger partial charge < -0.3 is 9.68 Å². The van der Waals surface area contributed by atoms with Gasteiger partial charge in [0.15, 0.2) is 0 Å². The minimum atomic E-state index is -0.805. The van der Waals surface area contributed by atoms with Gasteiger partial charge in [-0.25, -0.2) is 9.59 Å². The fraction of sp³-hybridized carbons (Fsp3) is 0.526. The van der Waals surface area contributed by atoms with E-state index in [0.717, 1.165) is 42.9 Å². The third kappa shape index (κ3) is 6.33. The Morgan fingerprint density at radius 3 is 2.46 bits per heavy atom. The van der Waals surface area contributed by atoms with Gasteiger partial charge >= 0.3 is 11.9 Å². The number of amides is 3. The second-order valence-electron chi connectivity index (χ2n) is 6.60. The fourth-order valence-corrected chi connectivity index (χ4v) is 2.82. The summed E-state index contributed by atoms with van der Waals surface area (Å²) in [5.74, 6) is -3.39. The molecule has 1 atom stereocenters. The van der Waals surface area contributed by atoms with Crippen LogP contribution in [0.25, 0.3) is 0 Å². The van der Waals surface area contributed by atoms with Crippen LogP contribution in [-0.4, -0.2) is 46.8 Å². The summed E-state index contributed by atoms with van der Waals surface area (Å²) in [5.41, 5.74) is 0. The summed E-state index contributed by atoms with van der Waals surface area (Å²) in [5, 5.41) is 1.25. The molecule has 0 bridgehead atoms. The van der Waals surface area contributed by atoms with Gasteiger partial charge in [-0.15, -0.1) is 0 Å². The number of allylic oxidation sites excluding steroid dienone is 2. The van der Waals surface area contributed by atoms with Crippen molar-refractivity contribution in [3.05, 3.63) is 24.3 Å². The molecule has 1 aliphatic carbocycles. The van der Waals surface area contributed by atoms with Gasteiger partial charge in [-0.2, -0.15) is 5.06 Å². The van der Waals surface area contributed by atoms with Gasteiger partial charge in [0.25, 0.3) is 17.7 Å². The van der Waals surface area contributed by atoms with Gasteiger partial charge in [0.05, 0.1) is 5.92 Å². The Kier molecular flexibility index (Phi) is 7.91. The van der Waals surface area contributed by atoms with Crippen LogP contribution in [-0.2, 0) is 33.6 Å². The Morgan fingerprint density at radius 1 is 1.07 bits per heavy atom. The normalized spacial score (nSPS) is 20.3. The smallest absolute Gasteiger partial charge is 0.335 e. The number of carbonyl (C=O) groups is 5. The molecule has 0 aromatic carbocycles. The fourth-order valence-electron chi connectivity index (χ4n) is 2.82. The molecule has 0 N–H and O–H groups in total. The Bertz CT molecular complexity index is 680. The number of nitrogens with zero attached hydrogens (tertiary/aromatic N) is 2. The van der Waals surface area contributed by atoms with E-state index in [2.05, 4.69) is 10.9 Å². The van der Waals surface area contributed by atoms with Crippen LogP contribution >= 0.6 is 0 Å². The quantitative estimate of drug-likeness (QED) is 0.383. The van der Waals surface area contributed by atoms with Crippen molar-refractivity contribution in [2.45, 2.75) is 51.4 Å². The summed E-state index contributed by atoms with van der Waals surface area (Å²) in [6.45, 7) is 0. The van der Waals surface area contributed by atoms with Crippen LogP contribution in [0.3, 0.4) is 0 Å². The Hall–Kier alpha value is -2.97. The monoisotopic (exact) mass is 392 g/mol. The van der Waals surface area contributed by atoms with Crippen LogP contribution in [0, 0.1) is 5.92 Å². The van der Waals surface area contributed by atoms with Crippen molar-refractivity contribution >= 4 is 29.7 Å². The van der Waals surface area contributed by atoms with Gasteiger partial charge in [-0.1, -0.05) is 17.2 Å². The van der Waals surface area contributed by atoms with E-state index in [1.165, 1.54) is 7.05 Å². The van der Waals surface area contributed by atoms with E-state index in [1.54, 1.807) is 0 Å². The minimum absolute atomic E-state index is 0.0492. The van der Waals surface area contributed by atoms with Crippen molar-refractivity contribution in [3.8, 4) is 0 Å². The van der Waals surface area contributed by atoms with Gasteiger partial charge in [0.2, 0.25) is 0 Å². The first kappa shape index (κ1) is 21.3. The van der Waals surface area contributed by atoms with E-state index in [9.17, 15) is 24.0 Å². The molecule has 1 heterocycles. The number of imide groups is 1. The van der Waals surface area contributed by atoms with Crippen LogP contribution in [0.1, 0.15) is 51.4 Å². The number of hydrogen-bond acceptors (Lipinski definition) is 7. The zero-order valence-electron chi connectivity index (χ0n) is 15.8. The second kappa shape index (κ2) is 10.4. The second-order valence-corrected chi connectivity index (χ2v) is 6.60. The number of carbonyl (C=O) groups excluding carboxylic acids is 5. The van der Waals surface area contributed by atoms with Crippen LogP contribution < -0.4 is 0 Å². The average molecular weight is 392 g/mol. The van der Waals surface area contributed by atoms with E-state index in [4.69, 9.17) is 4.84 Å². The maximum atomic E-state index is 12.2. The maximum absolute atomic E-state index is 12.2. The molecule has 0 saturated heterocycles. The topological polar surface area (TPSA) is 110 Å². The highest BCUT2D eigenvalue weighted by Crippen LogP contribution is 2.20. The molecule has 0 saturated carbocycles. The summed E-state index contributed by atoms with van der Waals surface area (Å²) in [6, 6.07) is 0. The SMILES string of the molecule is CN(OC(=O)C1CC/C=C/CCC1)C(=O)CCCC(=O)ON1C(=O)C=CC1=O. The first-order chi connectivity index (χ1) is 13.4. The predicted molar refractivity (Wildman–Crippen MR) is 95.5 cm³/mol. The van der Waals surface area contributed by atoms with E-state index in [-0.39, 0.29) is 25.2 Å². The van der Waals surface area contributed by atoms with Crippen molar-refractivity contribution in [3.63, 3.8) is 0 Å². The molecule has 1 unspecified atom stereocenters. The van der Waals surface area contributed by atoms with Gasteiger partial charge in [-0.3, -0.25) is 14.4 Å². The van der Waals surface area contributed by atoms with Crippen molar-refractivity contribution in [1.29, 1.82) is 0 Å². The molecule has 2 aliphatic rings. The van der Waals surface area contributed by atoms with Crippen LogP contribution in [0.4, 0.5) is 0 Å². The van der Waals surface area contributed by atoms with Gasteiger partial charge in [-0.05, 0) is 38.5 Å². The highest BCUT2D eigenvalue weighted by Gasteiger charge is 2.28. The van der Waals surface area contributed by atoms with E-state index in [1.807, 2.05) is 6.08 Å². The zero-order valence-corrected chi connectivity index (χ0v) is 15.8. The summed E-state index contributed by atoms with van der Waals surface area (Å²) in [4.78, 5) is 68.4. The van der Waals surface area contributed by atoms with Crippen LogP contribution in [0.15, 0.2) is 24.3 Å². The molecule has 9 nitrogen and oxygen atoms in total. The van der Waals surface area contributed by atoms with Gasteiger partial charge in [0, 0.05) is 32.0 Å². The Balaban J connectivity index is 1.68. The highest BCUT2D eigenvalue weighted by atomic mass is 16.7. The van der Waals surface area contributed by atoms with E-state index >= 15 is 0 Å².